The second kappa shape index (κ2) is 8.31. The van der Waals surface area contributed by atoms with Gasteiger partial charge in [-0.1, -0.05) is 36.8 Å². The summed E-state index contributed by atoms with van der Waals surface area (Å²) in [6.45, 7) is 7.12. The first-order valence-corrected chi connectivity index (χ1v) is 11.0. The summed E-state index contributed by atoms with van der Waals surface area (Å²) in [5.74, 6) is 1.28. The predicted molar refractivity (Wildman–Crippen MR) is 117 cm³/mol. The molecule has 2 aromatic rings. The van der Waals surface area contributed by atoms with Crippen molar-refractivity contribution in [1.82, 2.24) is 4.90 Å². The third kappa shape index (κ3) is 4.90. The van der Waals surface area contributed by atoms with Crippen LogP contribution in [0.4, 0.5) is 0 Å². The molecule has 0 spiro atoms. The number of benzene rings is 2. The van der Waals surface area contributed by atoms with Crippen molar-refractivity contribution in [3.05, 3.63) is 65.7 Å². The van der Waals surface area contributed by atoms with Crippen LogP contribution in [-0.2, 0) is 6.54 Å². The third-order valence-corrected chi connectivity index (χ3v) is 6.27. The van der Waals surface area contributed by atoms with E-state index >= 15 is 0 Å². The van der Waals surface area contributed by atoms with Gasteiger partial charge in [0.05, 0.1) is 0 Å². The Labute approximate surface area is 175 Å². The Morgan fingerprint density at radius 2 is 1.59 bits per heavy atom. The van der Waals surface area contributed by atoms with Crippen molar-refractivity contribution in [2.75, 3.05) is 0 Å². The summed E-state index contributed by atoms with van der Waals surface area (Å²) in [4.78, 5) is 15.9. The Morgan fingerprint density at radius 1 is 0.966 bits per heavy atom. The standard InChI is InChI=1S/C26H33NO2/c1-26(2,3)29-24-14-12-20(13-15-24)25(28)21-16-22-10-7-11-23(17-21)27(22)18-19-8-5-4-6-9-19/h4-6,8-9,12-15,21-23H,7,10-11,16-18H2,1-3H3. The van der Waals surface area contributed by atoms with Crippen LogP contribution in [0.5, 0.6) is 5.75 Å². The monoisotopic (exact) mass is 391 g/mol. The average molecular weight is 392 g/mol. The lowest BCUT2D eigenvalue weighted by Crippen LogP contribution is -2.52. The molecular weight excluding hydrogens is 358 g/mol. The summed E-state index contributed by atoms with van der Waals surface area (Å²) >= 11 is 0. The van der Waals surface area contributed by atoms with E-state index in [1.165, 1.54) is 24.8 Å². The minimum atomic E-state index is -0.228. The molecule has 3 nitrogen and oxygen atoms in total. The van der Waals surface area contributed by atoms with E-state index in [-0.39, 0.29) is 11.5 Å². The lowest BCUT2D eigenvalue weighted by atomic mass is 9.75. The first kappa shape index (κ1) is 20.2. The number of ether oxygens (including phenoxy) is 1. The molecule has 154 valence electrons. The van der Waals surface area contributed by atoms with Gasteiger partial charge in [-0.25, -0.2) is 0 Å². The number of piperidine rings is 2. The van der Waals surface area contributed by atoms with E-state index in [0.29, 0.717) is 17.9 Å². The number of rotatable bonds is 5. The van der Waals surface area contributed by atoms with Gasteiger partial charge in [0.1, 0.15) is 11.4 Å². The molecule has 29 heavy (non-hydrogen) atoms. The van der Waals surface area contributed by atoms with Gasteiger partial charge in [0.25, 0.3) is 0 Å². The van der Waals surface area contributed by atoms with Crippen LogP contribution in [0, 0.1) is 5.92 Å². The van der Waals surface area contributed by atoms with Gasteiger partial charge in [-0.3, -0.25) is 9.69 Å². The van der Waals surface area contributed by atoms with Crippen LogP contribution in [0.25, 0.3) is 0 Å². The summed E-state index contributed by atoms with van der Waals surface area (Å²) in [7, 11) is 0. The van der Waals surface area contributed by atoms with Crippen molar-refractivity contribution in [2.24, 2.45) is 5.92 Å². The SMILES string of the molecule is CC(C)(C)Oc1ccc(C(=O)C2CC3CCCC(C2)N3Cc2ccccc2)cc1. The van der Waals surface area contributed by atoms with E-state index in [0.717, 1.165) is 30.7 Å². The first-order chi connectivity index (χ1) is 13.9. The number of ketones is 1. The van der Waals surface area contributed by atoms with Crippen LogP contribution in [-0.4, -0.2) is 28.4 Å². The fourth-order valence-electron chi connectivity index (χ4n) is 5.02. The number of carbonyl (C=O) groups excluding carboxylic acids is 1. The van der Waals surface area contributed by atoms with Gasteiger partial charge in [-0.15, -0.1) is 0 Å². The molecule has 2 unspecified atom stereocenters. The number of fused-ring (bicyclic) bond motifs is 2. The van der Waals surface area contributed by atoms with Crippen molar-refractivity contribution < 1.29 is 9.53 Å². The first-order valence-electron chi connectivity index (χ1n) is 11.0. The maximum absolute atomic E-state index is 13.2. The molecule has 4 rings (SSSR count). The fraction of sp³-hybridized carbons (Fsp3) is 0.500. The van der Waals surface area contributed by atoms with Crippen LogP contribution in [0.15, 0.2) is 54.6 Å². The van der Waals surface area contributed by atoms with Gasteiger partial charge in [0, 0.05) is 30.1 Å². The minimum Gasteiger partial charge on any atom is -0.488 e. The third-order valence-electron chi connectivity index (χ3n) is 6.27. The largest absolute Gasteiger partial charge is 0.488 e. The molecule has 0 radical (unpaired) electrons. The highest BCUT2D eigenvalue weighted by Crippen LogP contribution is 2.39. The van der Waals surface area contributed by atoms with Crippen molar-refractivity contribution in [1.29, 1.82) is 0 Å². The zero-order valence-corrected chi connectivity index (χ0v) is 17.9. The van der Waals surface area contributed by atoms with E-state index in [9.17, 15) is 4.79 Å². The van der Waals surface area contributed by atoms with Gasteiger partial charge >= 0.3 is 0 Å². The lowest BCUT2D eigenvalue weighted by molar-refractivity contribution is 0.00906. The van der Waals surface area contributed by atoms with Crippen LogP contribution in [0.2, 0.25) is 0 Å². The van der Waals surface area contributed by atoms with E-state index in [1.54, 1.807) is 0 Å². The molecule has 0 saturated carbocycles. The Balaban J connectivity index is 1.43. The number of nitrogens with zero attached hydrogens (tertiary/aromatic N) is 1. The average Bonchev–Trinajstić information content (AvgIpc) is 2.67. The van der Waals surface area contributed by atoms with Crippen molar-refractivity contribution in [2.45, 2.75) is 77.1 Å². The number of Topliss-reactive ketones (excluding diaryl/α,β-unsaturated/α-hetero) is 1. The minimum absolute atomic E-state index is 0.145. The van der Waals surface area contributed by atoms with Gasteiger partial charge in [0.15, 0.2) is 5.78 Å². The molecule has 2 bridgehead atoms. The Hall–Kier alpha value is -2.13. The summed E-state index contributed by atoms with van der Waals surface area (Å²) in [5, 5.41) is 0. The zero-order valence-electron chi connectivity index (χ0n) is 17.9. The molecule has 2 saturated heterocycles. The molecule has 0 aromatic heterocycles. The quantitative estimate of drug-likeness (QED) is 0.596. The van der Waals surface area contributed by atoms with Crippen molar-refractivity contribution in [3.63, 3.8) is 0 Å². The van der Waals surface area contributed by atoms with Crippen molar-refractivity contribution >= 4 is 5.78 Å². The topological polar surface area (TPSA) is 29.5 Å². The van der Waals surface area contributed by atoms with Crippen LogP contribution >= 0.6 is 0 Å². The van der Waals surface area contributed by atoms with E-state index in [2.05, 4.69) is 35.2 Å². The molecule has 2 heterocycles. The van der Waals surface area contributed by atoms with E-state index in [1.807, 2.05) is 45.0 Å². The summed E-state index contributed by atoms with van der Waals surface area (Å²) in [6.07, 6.45) is 5.70. The van der Waals surface area contributed by atoms with Gasteiger partial charge in [0.2, 0.25) is 0 Å². The summed E-state index contributed by atoms with van der Waals surface area (Å²) in [5.41, 5.74) is 1.98. The molecule has 0 aliphatic carbocycles. The van der Waals surface area contributed by atoms with E-state index in [4.69, 9.17) is 4.74 Å². The smallest absolute Gasteiger partial charge is 0.166 e. The van der Waals surface area contributed by atoms with Crippen LogP contribution in [0.1, 0.15) is 68.8 Å². The second-order valence-corrected chi connectivity index (χ2v) is 9.67. The Bertz CT molecular complexity index is 808. The van der Waals surface area contributed by atoms with Gasteiger partial charge < -0.3 is 4.74 Å². The summed E-state index contributed by atoms with van der Waals surface area (Å²) in [6, 6.07) is 19.6. The fourth-order valence-corrected chi connectivity index (χ4v) is 5.02. The molecule has 2 aliphatic heterocycles. The maximum Gasteiger partial charge on any atom is 0.166 e. The summed E-state index contributed by atoms with van der Waals surface area (Å²) < 4.78 is 5.90. The predicted octanol–water partition coefficient (Wildman–Crippen LogP) is 5.88. The second-order valence-electron chi connectivity index (χ2n) is 9.67. The molecule has 0 N–H and O–H groups in total. The highest BCUT2D eigenvalue weighted by Gasteiger charge is 2.40. The van der Waals surface area contributed by atoms with Crippen LogP contribution < -0.4 is 4.74 Å². The maximum atomic E-state index is 13.2. The van der Waals surface area contributed by atoms with E-state index < -0.39 is 0 Å². The zero-order chi connectivity index (χ0) is 20.4. The van der Waals surface area contributed by atoms with Crippen molar-refractivity contribution in [3.8, 4) is 5.75 Å². The number of carbonyl (C=O) groups is 1. The Morgan fingerprint density at radius 3 is 2.17 bits per heavy atom. The molecule has 0 amide bonds. The highest BCUT2D eigenvalue weighted by molar-refractivity contribution is 5.98. The molecule has 2 aliphatic rings. The normalized spacial score (nSPS) is 24.9. The van der Waals surface area contributed by atoms with Gasteiger partial charge in [-0.05, 0) is 76.3 Å². The number of hydrogen-bond acceptors (Lipinski definition) is 3. The molecule has 2 fully saturated rings. The lowest BCUT2D eigenvalue weighted by Gasteiger charge is -2.48. The Kier molecular flexibility index (Phi) is 5.78. The van der Waals surface area contributed by atoms with Crippen LogP contribution in [0.3, 0.4) is 0 Å². The van der Waals surface area contributed by atoms with Gasteiger partial charge in [-0.2, -0.15) is 0 Å². The molecule has 2 atom stereocenters. The number of hydrogen-bond donors (Lipinski definition) is 0. The highest BCUT2D eigenvalue weighted by atomic mass is 16.5. The molecule has 2 aromatic carbocycles. The molecular formula is C26H33NO2. The molecule has 3 heteroatoms.